The van der Waals surface area contributed by atoms with Crippen LogP contribution in [0.25, 0.3) is 0 Å². The van der Waals surface area contributed by atoms with Gasteiger partial charge in [0.05, 0.1) is 6.33 Å². The second-order valence-corrected chi connectivity index (χ2v) is 6.09. The quantitative estimate of drug-likeness (QED) is 0.638. The second-order valence-electron chi connectivity index (χ2n) is 4.39. The van der Waals surface area contributed by atoms with Crippen LogP contribution in [0.1, 0.15) is 25.7 Å². The van der Waals surface area contributed by atoms with Crippen molar-refractivity contribution in [3.05, 3.63) is 20.3 Å². The molecule has 1 aliphatic rings. The lowest BCUT2D eigenvalue weighted by Gasteiger charge is -2.25. The molecule has 1 aromatic heterocycles. The third kappa shape index (κ3) is 3.58. The predicted molar refractivity (Wildman–Crippen MR) is 77.7 cm³/mol. The van der Waals surface area contributed by atoms with Gasteiger partial charge in [0.2, 0.25) is 0 Å². The second kappa shape index (κ2) is 6.04. The number of H-pyrrole nitrogens is 1. The molecule has 0 bridgehead atoms. The van der Waals surface area contributed by atoms with Crippen molar-refractivity contribution in [2.24, 2.45) is 5.92 Å². The maximum absolute atomic E-state index is 11.4. The standard InChI is InChI=1S/C11H15ClIN3O/c12-8-3-1-7(2-4-8)5-14-10-9(13)11(17)16-6-15-10/h6-8H,1-5H2,(H2,14,15,16,17). The normalized spacial score (nSPS) is 24.6. The molecule has 17 heavy (non-hydrogen) atoms. The fourth-order valence-corrected chi connectivity index (χ4v) is 2.81. The first kappa shape index (κ1) is 13.1. The lowest BCUT2D eigenvalue weighted by atomic mass is 9.89. The SMILES string of the molecule is O=c1[nH]cnc(NCC2CCC(Cl)CC2)c1I. The molecular weight excluding hydrogens is 352 g/mol. The van der Waals surface area contributed by atoms with Gasteiger partial charge in [-0.3, -0.25) is 4.79 Å². The molecule has 2 N–H and O–H groups in total. The Morgan fingerprint density at radius 2 is 2.18 bits per heavy atom. The fourth-order valence-electron chi connectivity index (χ4n) is 2.07. The maximum Gasteiger partial charge on any atom is 0.266 e. The molecule has 0 atom stereocenters. The Hall–Kier alpha value is -0.300. The first-order chi connectivity index (χ1) is 8.16. The van der Waals surface area contributed by atoms with Crippen molar-refractivity contribution in [3.63, 3.8) is 0 Å². The van der Waals surface area contributed by atoms with Gasteiger partial charge in [-0.2, -0.15) is 0 Å². The van der Waals surface area contributed by atoms with Crippen molar-refractivity contribution in [2.75, 3.05) is 11.9 Å². The summed E-state index contributed by atoms with van der Waals surface area (Å²) < 4.78 is 0.621. The molecule has 0 radical (unpaired) electrons. The van der Waals surface area contributed by atoms with Gasteiger partial charge in [0, 0.05) is 11.9 Å². The van der Waals surface area contributed by atoms with Crippen molar-refractivity contribution >= 4 is 40.0 Å². The van der Waals surface area contributed by atoms with Gasteiger partial charge in [-0.05, 0) is 54.2 Å². The van der Waals surface area contributed by atoms with Crippen molar-refractivity contribution in [3.8, 4) is 0 Å². The first-order valence-electron chi connectivity index (χ1n) is 5.78. The van der Waals surface area contributed by atoms with Gasteiger partial charge in [0.1, 0.15) is 9.39 Å². The van der Waals surface area contributed by atoms with E-state index < -0.39 is 0 Å². The highest BCUT2D eigenvalue weighted by atomic mass is 127. The molecule has 2 rings (SSSR count). The number of anilines is 1. The van der Waals surface area contributed by atoms with E-state index in [2.05, 4.69) is 15.3 Å². The van der Waals surface area contributed by atoms with Gasteiger partial charge in [-0.25, -0.2) is 4.98 Å². The van der Waals surface area contributed by atoms with E-state index in [9.17, 15) is 4.79 Å². The lowest BCUT2D eigenvalue weighted by molar-refractivity contribution is 0.377. The molecular formula is C11H15ClIN3O. The topological polar surface area (TPSA) is 57.8 Å². The van der Waals surface area contributed by atoms with Gasteiger partial charge in [0.15, 0.2) is 0 Å². The van der Waals surface area contributed by atoms with Crippen molar-refractivity contribution in [1.29, 1.82) is 0 Å². The number of rotatable bonds is 3. The molecule has 0 aliphatic heterocycles. The Morgan fingerprint density at radius 1 is 1.47 bits per heavy atom. The molecule has 6 heteroatoms. The van der Waals surface area contributed by atoms with Crippen LogP contribution in [0.2, 0.25) is 0 Å². The maximum atomic E-state index is 11.4. The van der Waals surface area contributed by atoms with E-state index in [1.165, 1.54) is 6.33 Å². The van der Waals surface area contributed by atoms with E-state index in [1.807, 2.05) is 22.6 Å². The molecule has 0 saturated heterocycles. The van der Waals surface area contributed by atoms with Crippen LogP contribution in [-0.2, 0) is 0 Å². The summed E-state index contributed by atoms with van der Waals surface area (Å²) in [5.74, 6) is 1.32. The van der Waals surface area contributed by atoms with Crippen LogP contribution in [-0.4, -0.2) is 21.9 Å². The number of alkyl halides is 1. The summed E-state index contributed by atoms with van der Waals surface area (Å²) in [6.45, 7) is 0.871. The third-order valence-corrected chi connectivity index (χ3v) is 4.57. The van der Waals surface area contributed by atoms with Gasteiger partial charge in [0.25, 0.3) is 5.56 Å². The summed E-state index contributed by atoms with van der Waals surface area (Å²) in [7, 11) is 0. The van der Waals surface area contributed by atoms with E-state index in [1.54, 1.807) is 0 Å². The fraction of sp³-hybridized carbons (Fsp3) is 0.636. The summed E-state index contributed by atoms with van der Waals surface area (Å²) >= 11 is 8.08. The minimum absolute atomic E-state index is 0.0902. The third-order valence-electron chi connectivity index (χ3n) is 3.13. The number of hydrogen-bond donors (Lipinski definition) is 2. The van der Waals surface area contributed by atoms with Gasteiger partial charge in [-0.15, -0.1) is 11.6 Å². The van der Waals surface area contributed by atoms with Gasteiger partial charge >= 0.3 is 0 Å². The number of halogens is 2. The van der Waals surface area contributed by atoms with Crippen LogP contribution < -0.4 is 10.9 Å². The highest BCUT2D eigenvalue weighted by molar-refractivity contribution is 14.1. The summed E-state index contributed by atoms with van der Waals surface area (Å²) in [5.41, 5.74) is -0.0902. The van der Waals surface area contributed by atoms with Crippen LogP contribution in [0, 0.1) is 9.49 Å². The number of nitrogens with zero attached hydrogens (tertiary/aromatic N) is 1. The minimum atomic E-state index is -0.0902. The highest BCUT2D eigenvalue weighted by Gasteiger charge is 2.19. The molecule has 0 amide bonds. The summed E-state index contributed by atoms with van der Waals surface area (Å²) in [6, 6.07) is 0. The Labute approximate surface area is 119 Å². The van der Waals surface area contributed by atoms with Crippen LogP contribution in [0.4, 0.5) is 5.82 Å². The molecule has 94 valence electrons. The molecule has 1 saturated carbocycles. The Kier molecular flexibility index (Phi) is 4.67. The molecule has 1 heterocycles. The van der Waals surface area contributed by atoms with Crippen LogP contribution in [0.15, 0.2) is 11.1 Å². The Balaban J connectivity index is 1.90. The average molecular weight is 368 g/mol. The molecule has 0 unspecified atom stereocenters. The van der Waals surface area contributed by atoms with Crippen LogP contribution in [0.5, 0.6) is 0 Å². The van der Waals surface area contributed by atoms with Gasteiger partial charge in [-0.1, -0.05) is 0 Å². The number of aromatic amines is 1. The van der Waals surface area contributed by atoms with Crippen molar-refractivity contribution in [1.82, 2.24) is 9.97 Å². The van der Waals surface area contributed by atoms with E-state index in [0.29, 0.717) is 20.7 Å². The van der Waals surface area contributed by atoms with E-state index >= 15 is 0 Å². The summed E-state index contributed by atoms with van der Waals surface area (Å²) in [4.78, 5) is 18.1. The minimum Gasteiger partial charge on any atom is -0.369 e. The predicted octanol–water partition coefficient (Wildman–Crippen LogP) is 2.58. The largest absolute Gasteiger partial charge is 0.369 e. The van der Waals surface area contributed by atoms with E-state index in [-0.39, 0.29) is 5.56 Å². The average Bonchev–Trinajstić information content (AvgIpc) is 2.33. The Morgan fingerprint density at radius 3 is 2.88 bits per heavy atom. The van der Waals surface area contributed by atoms with E-state index in [0.717, 1.165) is 32.2 Å². The molecule has 1 aromatic rings. The number of hydrogen-bond acceptors (Lipinski definition) is 3. The van der Waals surface area contributed by atoms with Crippen molar-refractivity contribution in [2.45, 2.75) is 31.1 Å². The summed E-state index contributed by atoms with van der Waals surface area (Å²) in [6.07, 6.45) is 5.92. The summed E-state index contributed by atoms with van der Waals surface area (Å²) in [5, 5.41) is 3.61. The monoisotopic (exact) mass is 367 g/mol. The molecule has 1 fully saturated rings. The highest BCUT2D eigenvalue weighted by Crippen LogP contribution is 2.27. The van der Waals surface area contributed by atoms with Crippen LogP contribution in [0.3, 0.4) is 0 Å². The van der Waals surface area contributed by atoms with Crippen molar-refractivity contribution < 1.29 is 0 Å². The number of aromatic nitrogens is 2. The zero-order valence-corrected chi connectivity index (χ0v) is 12.3. The Bertz CT molecular complexity index is 429. The van der Waals surface area contributed by atoms with Gasteiger partial charge < -0.3 is 10.3 Å². The molecule has 4 nitrogen and oxygen atoms in total. The first-order valence-corrected chi connectivity index (χ1v) is 7.29. The molecule has 0 spiro atoms. The molecule has 0 aromatic carbocycles. The smallest absolute Gasteiger partial charge is 0.266 e. The number of nitrogens with one attached hydrogen (secondary N) is 2. The lowest BCUT2D eigenvalue weighted by Crippen LogP contribution is -2.23. The zero-order valence-electron chi connectivity index (χ0n) is 9.38. The van der Waals surface area contributed by atoms with E-state index in [4.69, 9.17) is 11.6 Å². The zero-order chi connectivity index (χ0) is 12.3. The molecule has 1 aliphatic carbocycles. The van der Waals surface area contributed by atoms with Crippen LogP contribution >= 0.6 is 34.2 Å².